The molecule has 0 atom stereocenters. The van der Waals surface area contributed by atoms with E-state index in [-0.39, 0.29) is 23.6 Å². The zero-order valence-electron chi connectivity index (χ0n) is 20.0. The third kappa shape index (κ3) is 5.68. The molecule has 182 valence electrons. The summed E-state index contributed by atoms with van der Waals surface area (Å²) in [5.74, 6) is -0.265. The molecule has 1 fully saturated rings. The van der Waals surface area contributed by atoms with Gasteiger partial charge in [-0.25, -0.2) is 9.59 Å². The Labute approximate surface area is 193 Å². The number of urea groups is 1. The van der Waals surface area contributed by atoms with E-state index in [2.05, 4.69) is 15.5 Å². The number of ether oxygens (including phenoxy) is 2. The van der Waals surface area contributed by atoms with Crippen LogP contribution in [0.25, 0.3) is 11.0 Å². The van der Waals surface area contributed by atoms with E-state index in [1.54, 1.807) is 23.2 Å². The van der Waals surface area contributed by atoms with Gasteiger partial charge in [-0.05, 0) is 45.2 Å². The van der Waals surface area contributed by atoms with Crippen LogP contribution in [0.4, 0.5) is 16.2 Å². The molecule has 10 heteroatoms. The molecule has 2 aromatic rings. The molecule has 1 saturated heterocycles. The van der Waals surface area contributed by atoms with E-state index in [4.69, 9.17) is 9.47 Å². The lowest BCUT2D eigenvalue weighted by Gasteiger charge is -2.34. The second-order valence-corrected chi connectivity index (χ2v) is 8.20. The van der Waals surface area contributed by atoms with Crippen LogP contribution in [0, 0.1) is 5.92 Å². The van der Waals surface area contributed by atoms with Crippen LogP contribution in [0.1, 0.15) is 33.1 Å². The lowest BCUT2D eigenvalue weighted by molar-refractivity contribution is -0.148. The largest absolute Gasteiger partial charge is 0.466 e. The predicted octanol–water partition coefficient (Wildman–Crippen LogP) is 2.20. The third-order valence-corrected chi connectivity index (χ3v) is 6.05. The van der Waals surface area contributed by atoms with Crippen molar-refractivity contribution in [2.75, 3.05) is 49.7 Å². The molecular weight excluding hydrogens is 426 g/mol. The SMILES string of the molecule is CCOCCCNC(=O)Nc1cc2c(cc1N1CCC(C(=O)OCC)CC1)n(C)c(=O)n2C. The number of nitrogens with one attached hydrogen (secondary N) is 2. The molecule has 33 heavy (non-hydrogen) atoms. The minimum Gasteiger partial charge on any atom is -0.466 e. The van der Waals surface area contributed by atoms with Crippen LogP contribution in [-0.2, 0) is 28.4 Å². The number of carbonyl (C=O) groups is 2. The highest BCUT2D eigenvalue weighted by Gasteiger charge is 2.28. The first kappa shape index (κ1) is 24.6. The fourth-order valence-corrected chi connectivity index (χ4v) is 4.20. The number of hydrogen-bond acceptors (Lipinski definition) is 6. The van der Waals surface area contributed by atoms with E-state index in [0.717, 1.165) is 23.1 Å². The van der Waals surface area contributed by atoms with Crippen molar-refractivity contribution in [3.05, 3.63) is 22.6 Å². The van der Waals surface area contributed by atoms with Crippen molar-refractivity contribution in [3.8, 4) is 0 Å². The van der Waals surface area contributed by atoms with Gasteiger partial charge in [0.05, 0.1) is 34.9 Å². The van der Waals surface area contributed by atoms with Gasteiger partial charge in [0.15, 0.2) is 0 Å². The second kappa shape index (κ2) is 11.2. The fraction of sp³-hybridized carbons (Fsp3) is 0.609. The van der Waals surface area contributed by atoms with Crippen molar-refractivity contribution in [2.45, 2.75) is 33.1 Å². The summed E-state index contributed by atoms with van der Waals surface area (Å²) in [6, 6.07) is 3.46. The Balaban J connectivity index is 1.81. The number of hydrogen-bond donors (Lipinski definition) is 2. The molecule has 0 bridgehead atoms. The molecule has 10 nitrogen and oxygen atoms in total. The van der Waals surface area contributed by atoms with Crippen molar-refractivity contribution in [2.24, 2.45) is 20.0 Å². The number of piperidine rings is 1. The van der Waals surface area contributed by atoms with E-state index in [9.17, 15) is 14.4 Å². The maximum Gasteiger partial charge on any atom is 0.328 e. The van der Waals surface area contributed by atoms with Gasteiger partial charge in [0.2, 0.25) is 0 Å². The number of nitrogens with zero attached hydrogens (tertiary/aromatic N) is 3. The highest BCUT2D eigenvalue weighted by atomic mass is 16.5. The topological polar surface area (TPSA) is 107 Å². The maximum absolute atomic E-state index is 12.6. The van der Waals surface area contributed by atoms with Crippen LogP contribution < -0.4 is 21.2 Å². The van der Waals surface area contributed by atoms with Gasteiger partial charge in [-0.15, -0.1) is 0 Å². The average molecular weight is 462 g/mol. The fourth-order valence-electron chi connectivity index (χ4n) is 4.20. The Hall–Kier alpha value is -3.01. The molecule has 0 spiro atoms. The van der Waals surface area contributed by atoms with Crippen LogP contribution in [-0.4, -0.2) is 60.6 Å². The zero-order valence-corrected chi connectivity index (χ0v) is 20.0. The first-order valence-electron chi connectivity index (χ1n) is 11.6. The van der Waals surface area contributed by atoms with Crippen molar-refractivity contribution in [1.82, 2.24) is 14.5 Å². The summed E-state index contributed by atoms with van der Waals surface area (Å²) >= 11 is 0. The van der Waals surface area contributed by atoms with Gasteiger partial charge in [-0.2, -0.15) is 0 Å². The second-order valence-electron chi connectivity index (χ2n) is 8.20. The molecule has 0 saturated carbocycles. The monoisotopic (exact) mass is 461 g/mol. The van der Waals surface area contributed by atoms with Gasteiger partial charge in [-0.1, -0.05) is 0 Å². The van der Waals surface area contributed by atoms with Gasteiger partial charge in [0.1, 0.15) is 0 Å². The van der Waals surface area contributed by atoms with Crippen LogP contribution in [0.3, 0.4) is 0 Å². The van der Waals surface area contributed by atoms with Gasteiger partial charge in [0.25, 0.3) is 0 Å². The molecule has 2 N–H and O–H groups in total. The first-order chi connectivity index (χ1) is 15.9. The van der Waals surface area contributed by atoms with Crippen molar-refractivity contribution < 1.29 is 19.1 Å². The summed E-state index contributed by atoms with van der Waals surface area (Å²) in [7, 11) is 3.45. The molecule has 1 aromatic heterocycles. The molecule has 0 aliphatic carbocycles. The Morgan fingerprint density at radius 1 is 1.06 bits per heavy atom. The van der Waals surface area contributed by atoms with Crippen LogP contribution in [0.5, 0.6) is 0 Å². The van der Waals surface area contributed by atoms with Crippen LogP contribution in [0.15, 0.2) is 16.9 Å². The number of aryl methyl sites for hydroxylation is 2. The number of amides is 2. The summed E-state index contributed by atoms with van der Waals surface area (Å²) in [5, 5.41) is 5.80. The zero-order chi connectivity index (χ0) is 24.0. The molecular formula is C23H35N5O5. The summed E-state index contributed by atoms with van der Waals surface area (Å²) in [6.07, 6.45) is 2.07. The molecule has 3 rings (SSSR count). The van der Waals surface area contributed by atoms with Crippen LogP contribution >= 0.6 is 0 Å². The van der Waals surface area contributed by atoms with E-state index in [1.807, 2.05) is 26.0 Å². The Bertz CT molecular complexity index is 1040. The molecule has 0 radical (unpaired) electrons. The number of carbonyl (C=O) groups excluding carboxylic acids is 2. The van der Waals surface area contributed by atoms with E-state index >= 15 is 0 Å². The normalized spacial score (nSPS) is 14.5. The Morgan fingerprint density at radius 3 is 2.36 bits per heavy atom. The predicted molar refractivity (Wildman–Crippen MR) is 128 cm³/mol. The van der Waals surface area contributed by atoms with Crippen molar-refractivity contribution >= 4 is 34.4 Å². The number of benzene rings is 1. The summed E-state index contributed by atoms with van der Waals surface area (Å²) in [4.78, 5) is 39.3. The summed E-state index contributed by atoms with van der Waals surface area (Å²) in [6.45, 7) is 7.18. The minimum absolute atomic E-state index is 0.115. The minimum atomic E-state index is -0.311. The van der Waals surface area contributed by atoms with Crippen LogP contribution in [0.2, 0.25) is 0 Å². The van der Waals surface area contributed by atoms with Gasteiger partial charge >= 0.3 is 17.7 Å². The summed E-state index contributed by atoms with van der Waals surface area (Å²) in [5.41, 5.74) is 2.84. The first-order valence-corrected chi connectivity index (χ1v) is 11.6. The lowest BCUT2D eigenvalue weighted by Crippen LogP contribution is -2.38. The molecule has 1 aliphatic rings. The third-order valence-electron chi connectivity index (χ3n) is 6.05. The van der Waals surface area contributed by atoms with Gasteiger partial charge < -0.3 is 25.0 Å². The van der Waals surface area contributed by atoms with Crippen molar-refractivity contribution in [1.29, 1.82) is 0 Å². The number of imidazole rings is 1. The Kier molecular flexibility index (Phi) is 8.37. The molecule has 1 aliphatic heterocycles. The number of anilines is 2. The quantitative estimate of drug-likeness (QED) is 0.438. The van der Waals surface area contributed by atoms with Crippen molar-refractivity contribution in [3.63, 3.8) is 0 Å². The average Bonchev–Trinajstić information content (AvgIpc) is 3.02. The Morgan fingerprint density at radius 2 is 1.73 bits per heavy atom. The lowest BCUT2D eigenvalue weighted by atomic mass is 9.96. The molecule has 2 heterocycles. The standard InChI is InChI=1S/C23H35N5O5/c1-5-32-13-7-10-24-22(30)25-17-14-19-20(27(4)23(31)26(19)3)15-18(17)28-11-8-16(9-12-28)21(29)33-6-2/h14-16H,5-13H2,1-4H3,(H2,24,25,30). The number of aromatic nitrogens is 2. The number of fused-ring (bicyclic) bond motifs is 1. The van der Waals surface area contributed by atoms with Gasteiger partial charge in [-0.3, -0.25) is 13.9 Å². The van der Waals surface area contributed by atoms with Gasteiger partial charge in [0, 0.05) is 46.9 Å². The smallest absolute Gasteiger partial charge is 0.328 e. The van der Waals surface area contributed by atoms with E-state index < -0.39 is 0 Å². The molecule has 2 amide bonds. The highest BCUT2D eigenvalue weighted by Crippen LogP contribution is 2.34. The maximum atomic E-state index is 12.6. The number of esters is 1. The molecule has 0 unspecified atom stereocenters. The molecule has 1 aromatic carbocycles. The summed E-state index contributed by atoms with van der Waals surface area (Å²) < 4.78 is 13.6. The van der Waals surface area contributed by atoms with E-state index in [1.165, 1.54) is 0 Å². The van der Waals surface area contributed by atoms with E-state index in [0.29, 0.717) is 58.0 Å². The highest BCUT2D eigenvalue weighted by molar-refractivity contribution is 5.98. The number of rotatable bonds is 9.